The molecule has 0 spiro atoms. The summed E-state index contributed by atoms with van der Waals surface area (Å²) in [7, 11) is -2.00. The van der Waals surface area contributed by atoms with E-state index in [1.54, 1.807) is 0 Å². The first kappa shape index (κ1) is 15.9. The molecule has 0 N–H and O–H groups in total. The summed E-state index contributed by atoms with van der Waals surface area (Å²) in [6.45, 7) is 9.89. The summed E-state index contributed by atoms with van der Waals surface area (Å²) >= 11 is 0. The van der Waals surface area contributed by atoms with E-state index < -0.39 is 8.56 Å². The molecule has 0 amide bonds. The third-order valence-electron chi connectivity index (χ3n) is 2.51. The fourth-order valence-corrected chi connectivity index (χ4v) is 3.71. The van der Waals surface area contributed by atoms with Crippen molar-refractivity contribution in [3.8, 4) is 0 Å². The molecule has 16 heavy (non-hydrogen) atoms. The van der Waals surface area contributed by atoms with Gasteiger partial charge in [0.05, 0.1) is 0 Å². The monoisotopic (exact) mass is 244 g/mol. The first-order valence-electron chi connectivity index (χ1n) is 6.64. The van der Waals surface area contributed by atoms with E-state index in [2.05, 4.69) is 25.2 Å². The Bertz CT molecular complexity index is 175. The summed E-state index contributed by atoms with van der Waals surface area (Å²) in [5.74, 6) is 0. The van der Waals surface area contributed by atoms with Gasteiger partial charge in [0.25, 0.3) is 0 Å². The van der Waals surface area contributed by atoms with Crippen molar-refractivity contribution in [2.45, 2.75) is 59.4 Å². The molecule has 0 aromatic carbocycles. The Hall–Kier alpha value is -0.123. The molecule has 0 saturated carbocycles. The summed E-state index contributed by atoms with van der Waals surface area (Å²) in [5.41, 5.74) is 2.19. The molecule has 0 aromatic heterocycles. The van der Waals surface area contributed by atoms with Crippen LogP contribution in [0.1, 0.15) is 52.9 Å². The predicted octanol–water partition coefficient (Wildman–Crippen LogP) is 4.20. The highest BCUT2D eigenvalue weighted by molar-refractivity contribution is 6.71. The van der Waals surface area contributed by atoms with Gasteiger partial charge in [-0.1, -0.05) is 32.3 Å². The fourth-order valence-electron chi connectivity index (χ4n) is 1.70. The summed E-state index contributed by atoms with van der Waals surface area (Å²) in [4.78, 5) is 0. The van der Waals surface area contributed by atoms with E-state index in [-0.39, 0.29) is 0 Å². The normalized spacial score (nSPS) is 12.5. The Labute approximate surface area is 102 Å². The van der Waals surface area contributed by atoms with Gasteiger partial charge in [-0.05, 0) is 38.9 Å². The standard InChI is InChI=1S/C13H28O2Si/c1-5-8-9-10-11-12-13-16(4,14-6-2)15-7-3/h12-13H,5-11H2,1-4H3. The molecule has 0 aliphatic carbocycles. The van der Waals surface area contributed by atoms with Crippen molar-refractivity contribution in [2.24, 2.45) is 0 Å². The number of rotatable bonds is 10. The molecule has 0 heterocycles. The number of hydrogen-bond acceptors (Lipinski definition) is 2. The van der Waals surface area contributed by atoms with E-state index in [9.17, 15) is 0 Å². The quantitative estimate of drug-likeness (QED) is 0.423. The Morgan fingerprint density at radius 2 is 1.56 bits per heavy atom. The zero-order valence-corrected chi connectivity index (χ0v) is 12.4. The van der Waals surface area contributed by atoms with Crippen molar-refractivity contribution in [3.05, 3.63) is 11.8 Å². The minimum atomic E-state index is -2.00. The molecule has 0 fully saturated rings. The second kappa shape index (κ2) is 10.1. The fraction of sp³-hybridized carbons (Fsp3) is 0.846. The minimum absolute atomic E-state index is 0.739. The van der Waals surface area contributed by atoms with Gasteiger partial charge in [0.2, 0.25) is 0 Å². The SMILES string of the molecule is CCCCCCC=C[Si](C)(OCC)OCC. The van der Waals surface area contributed by atoms with Gasteiger partial charge in [-0.25, -0.2) is 0 Å². The van der Waals surface area contributed by atoms with Crippen LogP contribution in [0.2, 0.25) is 6.55 Å². The average Bonchev–Trinajstić information content (AvgIpc) is 2.24. The Morgan fingerprint density at radius 1 is 0.938 bits per heavy atom. The maximum Gasteiger partial charge on any atom is 0.361 e. The van der Waals surface area contributed by atoms with E-state index in [0.29, 0.717) is 0 Å². The lowest BCUT2D eigenvalue weighted by Gasteiger charge is -2.22. The van der Waals surface area contributed by atoms with Crippen LogP contribution in [0.25, 0.3) is 0 Å². The third kappa shape index (κ3) is 8.08. The highest BCUT2D eigenvalue weighted by Crippen LogP contribution is 2.11. The number of allylic oxidation sites excluding steroid dienone is 1. The van der Waals surface area contributed by atoms with Crippen LogP contribution in [0.5, 0.6) is 0 Å². The predicted molar refractivity (Wildman–Crippen MR) is 72.8 cm³/mol. The van der Waals surface area contributed by atoms with Crippen LogP contribution in [0.3, 0.4) is 0 Å². The van der Waals surface area contributed by atoms with E-state index in [1.807, 2.05) is 13.8 Å². The van der Waals surface area contributed by atoms with Gasteiger partial charge in [0.1, 0.15) is 0 Å². The smallest absolute Gasteiger partial charge is 0.361 e. The lowest BCUT2D eigenvalue weighted by atomic mass is 10.2. The van der Waals surface area contributed by atoms with Crippen LogP contribution in [-0.2, 0) is 8.85 Å². The van der Waals surface area contributed by atoms with Crippen LogP contribution < -0.4 is 0 Å². The Morgan fingerprint density at radius 3 is 2.06 bits per heavy atom. The lowest BCUT2D eigenvalue weighted by Crippen LogP contribution is -2.36. The molecule has 0 atom stereocenters. The van der Waals surface area contributed by atoms with Gasteiger partial charge in [-0.2, -0.15) is 0 Å². The molecule has 0 bridgehead atoms. The van der Waals surface area contributed by atoms with Crippen molar-refractivity contribution < 1.29 is 8.85 Å². The first-order valence-corrected chi connectivity index (χ1v) is 9.03. The molecule has 3 heteroatoms. The maximum atomic E-state index is 5.73. The Balaban J connectivity index is 3.84. The molecule has 0 radical (unpaired) electrons. The number of hydrogen-bond donors (Lipinski definition) is 0. The van der Waals surface area contributed by atoms with Gasteiger partial charge in [-0.3, -0.25) is 0 Å². The van der Waals surface area contributed by atoms with Gasteiger partial charge < -0.3 is 8.85 Å². The highest BCUT2D eigenvalue weighted by Gasteiger charge is 2.26. The van der Waals surface area contributed by atoms with Crippen molar-refractivity contribution in [3.63, 3.8) is 0 Å². The van der Waals surface area contributed by atoms with Gasteiger partial charge in [-0.15, -0.1) is 0 Å². The molecule has 0 unspecified atom stereocenters. The largest absolute Gasteiger partial charge is 0.392 e. The van der Waals surface area contributed by atoms with Gasteiger partial charge in [0, 0.05) is 13.2 Å². The Kier molecular flexibility index (Phi) is 9.98. The average molecular weight is 244 g/mol. The second-order valence-corrected chi connectivity index (χ2v) is 7.08. The van der Waals surface area contributed by atoms with Crippen molar-refractivity contribution in [2.75, 3.05) is 13.2 Å². The lowest BCUT2D eigenvalue weighted by molar-refractivity contribution is 0.201. The molecular weight excluding hydrogens is 216 g/mol. The van der Waals surface area contributed by atoms with Crippen LogP contribution >= 0.6 is 0 Å². The van der Waals surface area contributed by atoms with Crippen LogP contribution in [0.4, 0.5) is 0 Å². The van der Waals surface area contributed by atoms with Crippen LogP contribution in [-0.4, -0.2) is 21.8 Å². The van der Waals surface area contributed by atoms with Gasteiger partial charge in [0.15, 0.2) is 0 Å². The zero-order valence-electron chi connectivity index (χ0n) is 11.4. The molecule has 2 nitrogen and oxygen atoms in total. The molecule has 0 aliphatic heterocycles. The molecule has 96 valence electrons. The van der Waals surface area contributed by atoms with E-state index >= 15 is 0 Å². The van der Waals surface area contributed by atoms with Crippen molar-refractivity contribution in [1.82, 2.24) is 0 Å². The van der Waals surface area contributed by atoms with Crippen LogP contribution in [0.15, 0.2) is 11.8 Å². The molecule has 0 aromatic rings. The number of unbranched alkanes of at least 4 members (excludes halogenated alkanes) is 4. The second-order valence-electron chi connectivity index (χ2n) is 4.13. The molecule has 0 aliphatic rings. The zero-order chi connectivity index (χ0) is 12.3. The highest BCUT2D eigenvalue weighted by atomic mass is 28.4. The minimum Gasteiger partial charge on any atom is -0.392 e. The first-order chi connectivity index (χ1) is 7.68. The molecular formula is C13H28O2Si. The van der Waals surface area contributed by atoms with Crippen LogP contribution in [0, 0.1) is 0 Å². The summed E-state index contributed by atoms with van der Waals surface area (Å²) in [6.07, 6.45) is 8.67. The van der Waals surface area contributed by atoms with E-state index in [1.165, 1.54) is 25.7 Å². The van der Waals surface area contributed by atoms with Gasteiger partial charge >= 0.3 is 8.56 Å². The van der Waals surface area contributed by atoms with E-state index in [0.717, 1.165) is 19.6 Å². The molecule has 0 saturated heterocycles. The van der Waals surface area contributed by atoms with Crippen molar-refractivity contribution in [1.29, 1.82) is 0 Å². The summed E-state index contributed by atoms with van der Waals surface area (Å²) < 4.78 is 11.5. The topological polar surface area (TPSA) is 18.5 Å². The summed E-state index contributed by atoms with van der Waals surface area (Å²) in [5, 5.41) is 0. The maximum absolute atomic E-state index is 5.73. The summed E-state index contributed by atoms with van der Waals surface area (Å²) in [6, 6.07) is 0. The van der Waals surface area contributed by atoms with E-state index in [4.69, 9.17) is 8.85 Å². The molecule has 0 rings (SSSR count). The van der Waals surface area contributed by atoms with Crippen molar-refractivity contribution >= 4 is 8.56 Å². The third-order valence-corrected chi connectivity index (χ3v) is 5.07.